The predicted molar refractivity (Wildman–Crippen MR) is 191 cm³/mol. The number of benzene rings is 4. The Hall–Kier alpha value is -4.98. The van der Waals surface area contributed by atoms with Gasteiger partial charge in [0.25, 0.3) is 15.9 Å². The summed E-state index contributed by atoms with van der Waals surface area (Å²) in [5.74, 6) is -0.747. The number of ether oxygens (including phenoxy) is 1. The number of aliphatic hydroxyl groups excluding tert-OH is 1. The molecule has 0 radical (unpaired) electrons. The van der Waals surface area contributed by atoms with Gasteiger partial charge in [0, 0.05) is 42.4 Å². The van der Waals surface area contributed by atoms with Gasteiger partial charge in [-0.1, -0.05) is 31.2 Å². The number of para-hydroxylation sites is 2. The largest absolute Gasteiger partial charge is 0.488 e. The molecule has 2 amide bonds. The van der Waals surface area contributed by atoms with Crippen molar-refractivity contribution in [1.29, 1.82) is 0 Å². The Morgan fingerprint density at radius 3 is 2.46 bits per heavy atom. The van der Waals surface area contributed by atoms with Crippen LogP contribution >= 0.6 is 0 Å². The summed E-state index contributed by atoms with van der Waals surface area (Å²) in [5, 5.41) is 12.8. The Balaban J connectivity index is 1.33. The molecule has 4 aromatic rings. The average Bonchev–Trinajstić information content (AvgIpc) is 3.12. The van der Waals surface area contributed by atoms with Gasteiger partial charge in [-0.25, -0.2) is 12.8 Å². The van der Waals surface area contributed by atoms with Crippen molar-refractivity contribution in [2.75, 3.05) is 42.5 Å². The fraction of sp³-hybridized carbons (Fsp3) is 0.297. The van der Waals surface area contributed by atoms with E-state index in [1.54, 1.807) is 66.4 Å². The van der Waals surface area contributed by atoms with Crippen molar-refractivity contribution in [3.05, 3.63) is 114 Å². The van der Waals surface area contributed by atoms with Crippen LogP contribution in [-0.4, -0.2) is 74.0 Å². The second-order valence-corrected chi connectivity index (χ2v) is 14.4. The number of nitrogens with two attached hydrogens (primary N) is 1. The molecule has 0 unspecified atom stereocenters. The molecule has 5 N–H and O–H groups in total. The number of carbonyl (C=O) groups excluding carboxylic acids is 2. The predicted octanol–water partition coefficient (Wildman–Crippen LogP) is 4.74. The van der Waals surface area contributed by atoms with Gasteiger partial charge in [-0.3, -0.25) is 19.2 Å². The maximum atomic E-state index is 13.6. The lowest BCUT2D eigenvalue weighted by atomic mass is 10.0. The van der Waals surface area contributed by atoms with Gasteiger partial charge >= 0.3 is 0 Å². The molecule has 5 rings (SSSR count). The number of likely N-dealkylation sites (N-methyl/N-ethyl adjacent to an activating group) is 1. The number of hydrogen-bond donors (Lipinski definition) is 4. The Labute approximate surface area is 291 Å². The summed E-state index contributed by atoms with van der Waals surface area (Å²) in [6.07, 6.45) is -0.459. The van der Waals surface area contributed by atoms with Gasteiger partial charge in [0.15, 0.2) is 0 Å². The molecule has 13 heteroatoms. The van der Waals surface area contributed by atoms with Crippen molar-refractivity contribution >= 4 is 38.9 Å². The maximum Gasteiger partial charge on any atom is 0.261 e. The standard InChI is InChI=1S/C37H42FN5O6S/c1-24-20-43(25(2)23-44)36(45)19-28-18-30(41-50(47,48)31-15-12-29(38)13-16-31)14-17-34(28)49-35(24)22-42(3)21-26-8-10-27(11-9-26)37(46)40-33-7-5-4-6-32(33)39/h4-18,24-25,35,41,44H,19-23,39H2,1-3H3,(H,40,46)/t24-,25-,35+/m1/s1. The third kappa shape index (κ3) is 8.97. The number of nitrogens with zero attached hydrogens (tertiary/aromatic N) is 2. The Morgan fingerprint density at radius 2 is 1.78 bits per heavy atom. The fourth-order valence-corrected chi connectivity index (χ4v) is 6.84. The molecule has 1 heterocycles. The highest BCUT2D eigenvalue weighted by Crippen LogP contribution is 2.30. The van der Waals surface area contributed by atoms with Gasteiger partial charge in [-0.2, -0.15) is 0 Å². The number of carbonyl (C=O) groups is 2. The number of aliphatic hydroxyl groups is 1. The van der Waals surface area contributed by atoms with Crippen LogP contribution in [0.2, 0.25) is 0 Å². The van der Waals surface area contributed by atoms with Crippen LogP contribution < -0.4 is 20.5 Å². The number of nitrogen functional groups attached to an aromatic ring is 1. The van der Waals surface area contributed by atoms with Gasteiger partial charge in [-0.05, 0) is 86.3 Å². The lowest BCUT2D eigenvalue weighted by Crippen LogP contribution is -2.47. The van der Waals surface area contributed by atoms with E-state index in [-0.39, 0.29) is 47.4 Å². The zero-order chi connectivity index (χ0) is 36.0. The molecule has 4 aromatic carbocycles. The summed E-state index contributed by atoms with van der Waals surface area (Å²) in [6, 6.07) is 23.2. The Kier molecular flexibility index (Phi) is 11.4. The number of amides is 2. The molecular formula is C37H42FN5O6S. The summed E-state index contributed by atoms with van der Waals surface area (Å²) < 4.78 is 48.5. The molecule has 0 bridgehead atoms. The summed E-state index contributed by atoms with van der Waals surface area (Å²) in [4.78, 5) is 30.0. The highest BCUT2D eigenvalue weighted by molar-refractivity contribution is 7.92. The van der Waals surface area contributed by atoms with Crippen LogP contribution in [0.4, 0.5) is 21.5 Å². The van der Waals surface area contributed by atoms with Gasteiger partial charge in [-0.15, -0.1) is 0 Å². The summed E-state index contributed by atoms with van der Waals surface area (Å²) >= 11 is 0. The van der Waals surface area contributed by atoms with E-state index in [0.29, 0.717) is 47.9 Å². The van der Waals surface area contributed by atoms with Gasteiger partial charge in [0.2, 0.25) is 5.91 Å². The van der Waals surface area contributed by atoms with Gasteiger partial charge in [0.05, 0.1) is 35.3 Å². The van der Waals surface area contributed by atoms with Gasteiger partial charge in [0.1, 0.15) is 17.7 Å². The molecule has 11 nitrogen and oxygen atoms in total. The van der Waals surface area contributed by atoms with E-state index in [1.165, 1.54) is 12.1 Å². The van der Waals surface area contributed by atoms with Gasteiger partial charge < -0.3 is 25.8 Å². The van der Waals surface area contributed by atoms with E-state index >= 15 is 0 Å². The van der Waals surface area contributed by atoms with Crippen LogP contribution in [-0.2, 0) is 27.8 Å². The molecule has 0 saturated heterocycles. The number of fused-ring (bicyclic) bond motifs is 1. The summed E-state index contributed by atoms with van der Waals surface area (Å²) in [5.41, 5.74) is 9.15. The lowest BCUT2D eigenvalue weighted by Gasteiger charge is -2.34. The van der Waals surface area contributed by atoms with Crippen LogP contribution in [0, 0.1) is 11.7 Å². The van der Waals surface area contributed by atoms with E-state index in [4.69, 9.17) is 10.5 Å². The molecule has 50 heavy (non-hydrogen) atoms. The number of nitrogens with one attached hydrogen (secondary N) is 2. The topological polar surface area (TPSA) is 154 Å². The summed E-state index contributed by atoms with van der Waals surface area (Å²) in [7, 11) is -2.08. The molecule has 0 fully saturated rings. The number of sulfonamides is 1. The highest BCUT2D eigenvalue weighted by atomic mass is 32.2. The Bertz CT molecular complexity index is 1920. The molecule has 0 saturated carbocycles. The van der Waals surface area contributed by atoms with Crippen LogP contribution in [0.3, 0.4) is 0 Å². The van der Waals surface area contributed by atoms with Crippen LogP contribution in [0.15, 0.2) is 95.9 Å². The minimum absolute atomic E-state index is 0.0716. The van der Waals surface area contributed by atoms with Crippen LogP contribution in [0.25, 0.3) is 0 Å². The van der Waals surface area contributed by atoms with Crippen molar-refractivity contribution in [2.24, 2.45) is 5.92 Å². The first-order chi connectivity index (χ1) is 23.8. The second-order valence-electron chi connectivity index (χ2n) is 12.7. The number of rotatable bonds is 11. The third-order valence-electron chi connectivity index (χ3n) is 8.66. The summed E-state index contributed by atoms with van der Waals surface area (Å²) in [6.45, 7) is 4.91. The average molecular weight is 704 g/mol. The lowest BCUT2D eigenvalue weighted by molar-refractivity contribution is -0.134. The monoisotopic (exact) mass is 703 g/mol. The quantitative estimate of drug-likeness (QED) is 0.164. The first kappa shape index (κ1) is 36.3. The van der Waals surface area contributed by atoms with Crippen LogP contribution in [0.1, 0.15) is 35.3 Å². The molecule has 3 atom stereocenters. The minimum atomic E-state index is -4.03. The fourth-order valence-electron chi connectivity index (χ4n) is 5.79. The second kappa shape index (κ2) is 15.7. The smallest absolute Gasteiger partial charge is 0.261 e. The zero-order valence-electron chi connectivity index (χ0n) is 28.2. The van der Waals surface area contributed by atoms with E-state index < -0.39 is 21.9 Å². The molecular weight excluding hydrogens is 662 g/mol. The molecule has 0 aliphatic carbocycles. The van der Waals surface area contributed by atoms with Crippen LogP contribution in [0.5, 0.6) is 5.75 Å². The molecule has 1 aliphatic heterocycles. The minimum Gasteiger partial charge on any atom is -0.488 e. The van der Waals surface area contributed by atoms with E-state index in [2.05, 4.69) is 14.9 Å². The molecule has 1 aliphatic rings. The van der Waals surface area contributed by atoms with Crippen molar-refractivity contribution in [3.63, 3.8) is 0 Å². The SMILES string of the molecule is C[C@@H]1CN([C@H](C)CO)C(=O)Cc2cc(NS(=O)(=O)c3ccc(F)cc3)ccc2O[C@H]1CN(C)Cc1ccc(C(=O)Nc2ccccc2N)cc1. The number of halogens is 1. The zero-order valence-corrected chi connectivity index (χ0v) is 29.0. The van der Waals surface area contributed by atoms with Crippen molar-refractivity contribution < 1.29 is 32.2 Å². The van der Waals surface area contributed by atoms with E-state index in [0.717, 1.165) is 17.7 Å². The third-order valence-corrected chi connectivity index (χ3v) is 10.1. The molecule has 264 valence electrons. The normalized spacial score (nSPS) is 17.2. The highest BCUT2D eigenvalue weighted by Gasteiger charge is 2.31. The van der Waals surface area contributed by atoms with Crippen molar-refractivity contribution in [2.45, 2.75) is 43.9 Å². The first-order valence-electron chi connectivity index (χ1n) is 16.2. The Morgan fingerprint density at radius 1 is 1.08 bits per heavy atom. The maximum absolute atomic E-state index is 13.6. The van der Waals surface area contributed by atoms with Crippen molar-refractivity contribution in [1.82, 2.24) is 9.80 Å². The van der Waals surface area contributed by atoms with Crippen molar-refractivity contribution in [3.8, 4) is 5.75 Å². The first-order valence-corrected chi connectivity index (χ1v) is 17.7. The van der Waals surface area contributed by atoms with E-state index in [1.807, 2.05) is 26.1 Å². The molecule has 0 aromatic heterocycles. The molecule has 0 spiro atoms. The van der Waals surface area contributed by atoms with E-state index in [9.17, 15) is 27.5 Å². The number of anilines is 3. The number of hydrogen-bond acceptors (Lipinski definition) is 8.